The molecule has 6 atom stereocenters. The van der Waals surface area contributed by atoms with Crippen molar-refractivity contribution in [1.29, 1.82) is 0 Å². The smallest absolute Gasteiger partial charge is 0.317 e. The molecule has 2 amide bonds. The summed E-state index contributed by atoms with van der Waals surface area (Å²) in [6, 6.07) is -0.272. The second-order valence-electron chi connectivity index (χ2n) is 7.03. The second kappa shape index (κ2) is 4.93. The van der Waals surface area contributed by atoms with Gasteiger partial charge in [0.05, 0.1) is 5.92 Å². The van der Waals surface area contributed by atoms with Crippen molar-refractivity contribution in [1.82, 2.24) is 10.2 Å². The van der Waals surface area contributed by atoms with Crippen LogP contribution in [-0.4, -0.2) is 41.6 Å². The molecule has 0 heterocycles. The first-order valence-corrected chi connectivity index (χ1v) is 7.71. The molecule has 3 aliphatic carbocycles. The number of hydrogen-bond acceptors (Lipinski definition) is 2. The first kappa shape index (κ1) is 13.7. The van der Waals surface area contributed by atoms with Crippen molar-refractivity contribution < 1.29 is 14.7 Å². The Labute approximate surface area is 119 Å². The van der Waals surface area contributed by atoms with Gasteiger partial charge in [0.1, 0.15) is 0 Å². The minimum Gasteiger partial charge on any atom is -0.481 e. The van der Waals surface area contributed by atoms with Crippen LogP contribution in [0.5, 0.6) is 0 Å². The molecule has 0 aromatic rings. The number of hydrogen-bond donors (Lipinski definition) is 2. The number of rotatable bonds is 4. The fourth-order valence-corrected chi connectivity index (χ4v) is 4.20. The Bertz CT molecular complexity index is 425. The Hall–Kier alpha value is -1.26. The average molecular weight is 280 g/mol. The van der Waals surface area contributed by atoms with E-state index in [-0.39, 0.29) is 23.9 Å². The normalized spacial score (nSPS) is 41.5. The summed E-state index contributed by atoms with van der Waals surface area (Å²) >= 11 is 0. The minimum atomic E-state index is -0.749. The summed E-state index contributed by atoms with van der Waals surface area (Å²) in [5.41, 5.74) is 0. The zero-order valence-electron chi connectivity index (χ0n) is 12.2. The summed E-state index contributed by atoms with van der Waals surface area (Å²) in [5, 5.41) is 12.4. The van der Waals surface area contributed by atoms with Crippen molar-refractivity contribution in [2.24, 2.45) is 29.6 Å². The van der Waals surface area contributed by atoms with E-state index in [1.165, 1.54) is 6.42 Å². The van der Waals surface area contributed by atoms with Gasteiger partial charge in [-0.3, -0.25) is 4.79 Å². The number of amides is 2. The number of carbonyl (C=O) groups excluding carboxylic acids is 1. The Morgan fingerprint density at radius 1 is 1.25 bits per heavy atom. The number of carboxylic acid groups (broad SMARTS) is 1. The molecule has 6 unspecified atom stereocenters. The van der Waals surface area contributed by atoms with Crippen molar-refractivity contribution >= 4 is 12.0 Å². The standard InChI is InChI=1S/C15H24N2O3/c1-8-5-11(8)7-17(2)15(20)16-13-10-4-3-9(6-10)12(13)14(18)19/h8-13H,3-7H2,1-2H3,(H,16,20)(H,18,19). The van der Waals surface area contributed by atoms with Gasteiger partial charge in [-0.2, -0.15) is 0 Å². The molecular weight excluding hydrogens is 256 g/mol. The first-order chi connectivity index (χ1) is 9.47. The zero-order valence-corrected chi connectivity index (χ0v) is 12.2. The number of carbonyl (C=O) groups is 2. The van der Waals surface area contributed by atoms with E-state index >= 15 is 0 Å². The van der Waals surface area contributed by atoms with Gasteiger partial charge < -0.3 is 15.3 Å². The monoisotopic (exact) mass is 280 g/mol. The van der Waals surface area contributed by atoms with Crippen LogP contribution in [0.15, 0.2) is 0 Å². The highest BCUT2D eigenvalue weighted by atomic mass is 16.4. The van der Waals surface area contributed by atoms with E-state index in [1.54, 1.807) is 4.90 Å². The summed E-state index contributed by atoms with van der Waals surface area (Å²) in [5.74, 6) is 0.835. The maximum Gasteiger partial charge on any atom is 0.317 e. The Morgan fingerprint density at radius 2 is 1.90 bits per heavy atom. The van der Waals surface area contributed by atoms with Crippen molar-refractivity contribution in [3.63, 3.8) is 0 Å². The van der Waals surface area contributed by atoms with Crippen molar-refractivity contribution in [3.8, 4) is 0 Å². The largest absolute Gasteiger partial charge is 0.481 e. The molecule has 5 nitrogen and oxygen atoms in total. The highest BCUT2D eigenvalue weighted by molar-refractivity contribution is 5.77. The van der Waals surface area contributed by atoms with E-state index in [2.05, 4.69) is 12.2 Å². The van der Waals surface area contributed by atoms with E-state index in [0.717, 1.165) is 31.7 Å². The number of nitrogens with zero attached hydrogens (tertiary/aromatic N) is 1. The molecule has 0 radical (unpaired) electrons. The molecule has 20 heavy (non-hydrogen) atoms. The van der Waals surface area contributed by atoms with Crippen molar-refractivity contribution in [3.05, 3.63) is 0 Å². The lowest BCUT2D eigenvalue weighted by Crippen LogP contribution is -2.50. The van der Waals surface area contributed by atoms with Crippen LogP contribution < -0.4 is 5.32 Å². The predicted octanol–water partition coefficient (Wildman–Crippen LogP) is 1.78. The lowest BCUT2D eigenvalue weighted by atomic mass is 9.84. The molecule has 0 saturated heterocycles. The maximum atomic E-state index is 12.2. The van der Waals surface area contributed by atoms with Gasteiger partial charge in [-0.25, -0.2) is 4.79 Å². The Morgan fingerprint density at radius 3 is 2.50 bits per heavy atom. The van der Waals surface area contributed by atoms with Crippen molar-refractivity contribution in [2.75, 3.05) is 13.6 Å². The molecule has 0 aromatic heterocycles. The van der Waals surface area contributed by atoms with Gasteiger partial charge in [0.15, 0.2) is 0 Å². The molecular formula is C15H24N2O3. The molecule has 3 saturated carbocycles. The van der Waals surface area contributed by atoms with E-state index in [0.29, 0.717) is 11.8 Å². The van der Waals surface area contributed by atoms with Gasteiger partial charge in [0, 0.05) is 19.6 Å². The van der Waals surface area contributed by atoms with Crippen LogP contribution in [0.3, 0.4) is 0 Å². The lowest BCUT2D eigenvalue weighted by Gasteiger charge is -2.30. The van der Waals surface area contributed by atoms with Crippen LogP contribution >= 0.6 is 0 Å². The van der Waals surface area contributed by atoms with Crippen LogP contribution in [0, 0.1) is 29.6 Å². The van der Waals surface area contributed by atoms with Gasteiger partial charge in [0.25, 0.3) is 0 Å². The summed E-state index contributed by atoms with van der Waals surface area (Å²) in [6.07, 6.45) is 4.22. The number of carboxylic acids is 1. The third-order valence-electron chi connectivity index (χ3n) is 5.62. The first-order valence-electron chi connectivity index (χ1n) is 7.71. The molecule has 0 spiro atoms. The molecule has 0 aromatic carbocycles. The fourth-order valence-electron chi connectivity index (χ4n) is 4.20. The van der Waals surface area contributed by atoms with Crippen LogP contribution in [0.2, 0.25) is 0 Å². The van der Waals surface area contributed by atoms with Crippen LogP contribution in [0.4, 0.5) is 4.79 Å². The molecule has 3 fully saturated rings. The molecule has 0 aliphatic heterocycles. The topological polar surface area (TPSA) is 69.6 Å². The Balaban J connectivity index is 1.58. The molecule has 112 valence electrons. The van der Waals surface area contributed by atoms with Crippen LogP contribution in [-0.2, 0) is 4.79 Å². The number of nitrogens with one attached hydrogen (secondary N) is 1. The van der Waals surface area contributed by atoms with Crippen LogP contribution in [0.25, 0.3) is 0 Å². The number of aliphatic carboxylic acids is 1. The van der Waals surface area contributed by atoms with Gasteiger partial charge >= 0.3 is 12.0 Å². The molecule has 5 heteroatoms. The van der Waals surface area contributed by atoms with Crippen LogP contribution in [0.1, 0.15) is 32.6 Å². The van der Waals surface area contributed by atoms with Gasteiger partial charge in [0.2, 0.25) is 0 Å². The van der Waals surface area contributed by atoms with Gasteiger partial charge in [-0.05, 0) is 49.4 Å². The highest BCUT2D eigenvalue weighted by Gasteiger charge is 2.51. The maximum absolute atomic E-state index is 12.2. The average Bonchev–Trinajstić information content (AvgIpc) is 2.80. The molecule has 2 N–H and O–H groups in total. The lowest BCUT2D eigenvalue weighted by molar-refractivity contribution is -0.144. The molecule has 3 rings (SSSR count). The summed E-state index contributed by atoms with van der Waals surface area (Å²) in [6.45, 7) is 2.98. The second-order valence-corrected chi connectivity index (χ2v) is 7.03. The number of urea groups is 1. The zero-order chi connectivity index (χ0) is 14.4. The Kier molecular flexibility index (Phi) is 3.38. The van der Waals surface area contributed by atoms with Gasteiger partial charge in [-0.1, -0.05) is 6.92 Å². The van der Waals surface area contributed by atoms with Crippen molar-refractivity contribution in [2.45, 2.75) is 38.6 Å². The summed E-state index contributed by atoms with van der Waals surface area (Å²) in [7, 11) is 1.81. The third kappa shape index (κ3) is 2.38. The fraction of sp³-hybridized carbons (Fsp3) is 0.867. The molecule has 3 aliphatic rings. The minimum absolute atomic E-state index is 0.104. The van der Waals surface area contributed by atoms with E-state index in [9.17, 15) is 14.7 Å². The quantitative estimate of drug-likeness (QED) is 0.824. The third-order valence-corrected chi connectivity index (χ3v) is 5.62. The number of fused-ring (bicyclic) bond motifs is 2. The predicted molar refractivity (Wildman–Crippen MR) is 74.2 cm³/mol. The SMILES string of the molecule is CC1CC1CN(C)C(=O)NC1C2CCC(C2)C1C(=O)O. The summed E-state index contributed by atoms with van der Waals surface area (Å²) < 4.78 is 0. The molecule has 2 bridgehead atoms. The van der Waals surface area contributed by atoms with E-state index < -0.39 is 5.97 Å². The summed E-state index contributed by atoms with van der Waals surface area (Å²) in [4.78, 5) is 25.4. The highest BCUT2D eigenvalue weighted by Crippen LogP contribution is 2.48. The van der Waals surface area contributed by atoms with E-state index in [4.69, 9.17) is 0 Å². The van der Waals surface area contributed by atoms with Gasteiger partial charge in [-0.15, -0.1) is 0 Å². The van der Waals surface area contributed by atoms with E-state index in [1.807, 2.05) is 7.05 Å².